The molecule has 1 aromatic rings. The molecule has 1 saturated heterocycles. The van der Waals surface area contributed by atoms with Crippen LogP contribution in [0.2, 0.25) is 0 Å². The highest BCUT2D eigenvalue weighted by atomic mass is 19.3. The zero-order chi connectivity index (χ0) is 14.7. The van der Waals surface area contributed by atoms with Crippen LogP contribution in [0, 0.1) is 0 Å². The zero-order valence-corrected chi connectivity index (χ0v) is 12.1. The molecule has 0 saturated carbocycles. The van der Waals surface area contributed by atoms with Gasteiger partial charge in [-0.3, -0.25) is 0 Å². The van der Waals surface area contributed by atoms with Crippen LogP contribution in [0.1, 0.15) is 31.9 Å². The third-order valence-electron chi connectivity index (χ3n) is 3.97. The predicted molar refractivity (Wildman–Crippen MR) is 75.1 cm³/mol. The average Bonchev–Trinajstić information content (AvgIpc) is 2.68. The van der Waals surface area contributed by atoms with Crippen molar-refractivity contribution in [2.75, 3.05) is 13.6 Å². The fourth-order valence-corrected chi connectivity index (χ4v) is 2.80. The van der Waals surface area contributed by atoms with Crippen LogP contribution in [0.4, 0.5) is 8.78 Å². The Labute approximate surface area is 118 Å². The average molecular weight is 284 g/mol. The van der Waals surface area contributed by atoms with Gasteiger partial charge in [-0.05, 0) is 33.4 Å². The van der Waals surface area contributed by atoms with E-state index in [-0.39, 0.29) is 11.8 Å². The fraction of sp³-hybridized carbons (Fsp3) is 0.600. The maximum absolute atomic E-state index is 12.4. The van der Waals surface area contributed by atoms with E-state index in [0.29, 0.717) is 12.1 Å². The topological polar surface area (TPSA) is 24.5 Å². The molecule has 5 heteroatoms. The molecule has 112 valence electrons. The number of nitrogens with zero attached hydrogens (tertiary/aromatic N) is 1. The molecule has 3 nitrogen and oxygen atoms in total. The zero-order valence-electron chi connectivity index (χ0n) is 12.1. The molecule has 0 aromatic heterocycles. The fourth-order valence-electron chi connectivity index (χ4n) is 2.80. The molecule has 1 fully saturated rings. The lowest BCUT2D eigenvalue weighted by Crippen LogP contribution is -2.33. The van der Waals surface area contributed by atoms with Crippen LogP contribution in [0.15, 0.2) is 24.3 Å². The molecule has 0 radical (unpaired) electrons. The Bertz CT molecular complexity index is 432. The quantitative estimate of drug-likeness (QED) is 0.899. The Morgan fingerprint density at radius 1 is 1.35 bits per heavy atom. The minimum Gasteiger partial charge on any atom is -0.434 e. The molecule has 1 aliphatic rings. The summed E-state index contributed by atoms with van der Waals surface area (Å²) < 4.78 is 29.4. The second kappa shape index (κ2) is 6.50. The molecular weight excluding hydrogens is 262 g/mol. The van der Waals surface area contributed by atoms with Crippen LogP contribution < -0.4 is 10.1 Å². The van der Waals surface area contributed by atoms with Gasteiger partial charge in [-0.15, -0.1) is 0 Å². The van der Waals surface area contributed by atoms with Crippen molar-refractivity contribution in [3.63, 3.8) is 0 Å². The lowest BCUT2D eigenvalue weighted by atomic mass is 10.1. The van der Waals surface area contributed by atoms with Crippen LogP contribution in [-0.4, -0.2) is 37.2 Å². The number of benzene rings is 1. The molecule has 3 unspecified atom stereocenters. The minimum absolute atomic E-state index is 0.0198. The van der Waals surface area contributed by atoms with Gasteiger partial charge in [0.15, 0.2) is 0 Å². The smallest absolute Gasteiger partial charge is 0.387 e. The van der Waals surface area contributed by atoms with E-state index >= 15 is 0 Å². The third-order valence-corrected chi connectivity index (χ3v) is 3.97. The SMILES string of the molecule is CC(NC1CC(C)N(C)C1)c1ccccc1OC(F)F. The van der Waals surface area contributed by atoms with Crippen molar-refractivity contribution in [2.24, 2.45) is 0 Å². The molecule has 1 N–H and O–H groups in total. The van der Waals surface area contributed by atoms with Crippen molar-refractivity contribution in [1.29, 1.82) is 0 Å². The van der Waals surface area contributed by atoms with E-state index in [2.05, 4.69) is 28.9 Å². The number of rotatable bonds is 5. The number of likely N-dealkylation sites (N-methyl/N-ethyl adjacent to an activating group) is 1. The summed E-state index contributed by atoms with van der Waals surface area (Å²) in [6, 6.07) is 7.88. The molecule has 2 rings (SSSR count). The number of nitrogens with one attached hydrogen (secondary N) is 1. The predicted octanol–water partition coefficient (Wildman–Crippen LogP) is 3.03. The van der Waals surface area contributed by atoms with Crippen LogP contribution >= 0.6 is 0 Å². The molecule has 0 bridgehead atoms. The minimum atomic E-state index is -2.79. The van der Waals surface area contributed by atoms with Crippen LogP contribution in [0.5, 0.6) is 5.75 Å². The Balaban J connectivity index is 2.04. The van der Waals surface area contributed by atoms with Gasteiger partial charge in [0, 0.05) is 30.2 Å². The Morgan fingerprint density at radius 3 is 2.65 bits per heavy atom. The number of hydrogen-bond acceptors (Lipinski definition) is 3. The van der Waals surface area contributed by atoms with E-state index in [1.54, 1.807) is 12.1 Å². The van der Waals surface area contributed by atoms with E-state index in [4.69, 9.17) is 0 Å². The van der Waals surface area contributed by atoms with E-state index in [1.165, 1.54) is 0 Å². The molecule has 0 amide bonds. The van der Waals surface area contributed by atoms with Crippen LogP contribution in [0.3, 0.4) is 0 Å². The van der Waals surface area contributed by atoms with E-state index in [1.807, 2.05) is 19.1 Å². The maximum Gasteiger partial charge on any atom is 0.387 e. The summed E-state index contributed by atoms with van der Waals surface area (Å²) in [5.74, 6) is 0.252. The van der Waals surface area contributed by atoms with E-state index in [9.17, 15) is 8.78 Å². The van der Waals surface area contributed by atoms with Crippen molar-refractivity contribution >= 4 is 0 Å². The number of para-hydroxylation sites is 1. The van der Waals surface area contributed by atoms with E-state index in [0.717, 1.165) is 18.5 Å². The molecule has 20 heavy (non-hydrogen) atoms. The van der Waals surface area contributed by atoms with Crippen molar-refractivity contribution < 1.29 is 13.5 Å². The van der Waals surface area contributed by atoms with Gasteiger partial charge in [-0.25, -0.2) is 0 Å². The summed E-state index contributed by atoms with van der Waals surface area (Å²) in [4.78, 5) is 2.30. The monoisotopic (exact) mass is 284 g/mol. The van der Waals surface area contributed by atoms with Crippen molar-refractivity contribution in [2.45, 2.75) is 45.0 Å². The highest BCUT2D eigenvalue weighted by Crippen LogP contribution is 2.27. The van der Waals surface area contributed by atoms with Crippen LogP contribution in [-0.2, 0) is 0 Å². The molecule has 1 aliphatic heterocycles. The first-order valence-electron chi connectivity index (χ1n) is 6.97. The standard InChI is InChI=1S/C15H22F2N2O/c1-10-8-12(9-19(10)3)18-11(2)13-6-4-5-7-14(13)20-15(16)17/h4-7,10-12,15,18H,8-9H2,1-3H3. The Hall–Kier alpha value is -1.20. The molecule has 0 aliphatic carbocycles. The number of hydrogen-bond donors (Lipinski definition) is 1. The Morgan fingerprint density at radius 2 is 2.05 bits per heavy atom. The summed E-state index contributed by atoms with van der Waals surface area (Å²) in [6.07, 6.45) is 1.07. The van der Waals surface area contributed by atoms with Gasteiger partial charge in [0.05, 0.1) is 0 Å². The normalized spacial score (nSPS) is 25.1. The van der Waals surface area contributed by atoms with E-state index < -0.39 is 6.61 Å². The Kier molecular flexibility index (Phi) is 4.94. The van der Waals surface area contributed by atoms with Gasteiger partial charge < -0.3 is 15.0 Å². The number of halogens is 2. The largest absolute Gasteiger partial charge is 0.434 e. The summed E-state index contributed by atoms with van der Waals surface area (Å²) in [5, 5.41) is 3.50. The highest BCUT2D eigenvalue weighted by Gasteiger charge is 2.27. The third kappa shape index (κ3) is 3.67. The van der Waals surface area contributed by atoms with Crippen molar-refractivity contribution in [1.82, 2.24) is 10.2 Å². The number of ether oxygens (including phenoxy) is 1. The van der Waals surface area contributed by atoms with Crippen molar-refractivity contribution in [3.05, 3.63) is 29.8 Å². The number of likely N-dealkylation sites (tertiary alicyclic amines) is 1. The van der Waals surface area contributed by atoms with Gasteiger partial charge in [0.2, 0.25) is 0 Å². The summed E-state index contributed by atoms with van der Waals surface area (Å²) >= 11 is 0. The lowest BCUT2D eigenvalue weighted by molar-refractivity contribution is -0.0506. The first-order valence-corrected chi connectivity index (χ1v) is 6.97. The second-order valence-corrected chi connectivity index (χ2v) is 5.53. The summed E-state index contributed by atoms with van der Waals surface area (Å²) in [6.45, 7) is 2.36. The van der Waals surface area contributed by atoms with Gasteiger partial charge >= 0.3 is 6.61 Å². The molecule has 0 spiro atoms. The lowest BCUT2D eigenvalue weighted by Gasteiger charge is -2.22. The summed E-state index contributed by atoms with van der Waals surface area (Å²) in [5.41, 5.74) is 0.773. The molecule has 3 atom stereocenters. The maximum atomic E-state index is 12.4. The van der Waals surface area contributed by atoms with Gasteiger partial charge in [0.25, 0.3) is 0 Å². The summed E-state index contributed by atoms with van der Waals surface area (Å²) in [7, 11) is 2.10. The van der Waals surface area contributed by atoms with Crippen molar-refractivity contribution in [3.8, 4) is 5.75 Å². The second-order valence-electron chi connectivity index (χ2n) is 5.53. The molecular formula is C15H22F2N2O. The van der Waals surface area contributed by atoms with Gasteiger partial charge in [0.1, 0.15) is 5.75 Å². The molecule has 1 heterocycles. The van der Waals surface area contributed by atoms with Crippen LogP contribution in [0.25, 0.3) is 0 Å². The number of alkyl halides is 2. The first kappa shape index (κ1) is 15.2. The highest BCUT2D eigenvalue weighted by molar-refractivity contribution is 5.35. The molecule has 1 aromatic carbocycles. The first-order chi connectivity index (χ1) is 9.47. The van der Waals surface area contributed by atoms with Gasteiger partial charge in [-0.1, -0.05) is 18.2 Å². The van der Waals surface area contributed by atoms with Gasteiger partial charge in [-0.2, -0.15) is 8.78 Å².